The van der Waals surface area contributed by atoms with Crippen molar-refractivity contribution in [3.8, 4) is 0 Å². The first-order valence-electron chi connectivity index (χ1n) is 3.52. The lowest BCUT2D eigenvalue weighted by Crippen LogP contribution is -1.51. The predicted molar refractivity (Wildman–Crippen MR) is 136 cm³/mol. The van der Waals surface area contributed by atoms with Gasteiger partial charge in [0.15, 0.2) is 0 Å². The molecule has 0 radical (unpaired) electrons. The van der Waals surface area contributed by atoms with E-state index in [1.165, 1.54) is 0 Å². The Morgan fingerprint density at radius 3 is 0.875 bits per heavy atom. The summed E-state index contributed by atoms with van der Waals surface area (Å²) in [7, 11) is 27.8. The smallest absolute Gasteiger partial charge is 0.00399 e. The fourth-order valence-electron chi connectivity index (χ4n) is 0.677. The van der Waals surface area contributed by atoms with Crippen molar-refractivity contribution in [3.05, 3.63) is 0 Å². The molecule has 0 nitrogen and oxygen atoms in total. The van der Waals surface area contributed by atoms with Crippen LogP contribution in [0.5, 0.6) is 0 Å². The summed E-state index contributed by atoms with van der Waals surface area (Å²) >= 11 is 0. The highest BCUT2D eigenvalue weighted by Gasteiger charge is 2.35. The maximum absolute atomic E-state index is 3.19. The zero-order valence-corrected chi connectivity index (χ0v) is 25.0. The Morgan fingerprint density at radius 2 is 0.688 bits per heavy atom. The third-order valence-corrected chi connectivity index (χ3v) is 97.2. The molecule has 16 heavy (non-hydrogen) atoms. The Balaban J connectivity index is 5.00. The van der Waals surface area contributed by atoms with Crippen LogP contribution in [-0.4, -0.2) is 0 Å². The molecule has 0 aliphatic rings. The average Bonchev–Trinajstić information content (AvgIpc) is 2.10. The summed E-state index contributed by atoms with van der Waals surface area (Å²) in [6.45, 7) is 0.740. The van der Waals surface area contributed by atoms with Crippen molar-refractivity contribution < 1.29 is 0 Å². The molecule has 0 saturated heterocycles. The molecular formula is H18P16. The monoisotopic (exact) mass is 514 g/mol. The number of rotatable bonds is 6. The molecule has 0 rings (SSSR count). The van der Waals surface area contributed by atoms with E-state index in [4.69, 9.17) is 0 Å². The van der Waals surface area contributed by atoms with E-state index in [2.05, 4.69) is 80.4 Å². The van der Waals surface area contributed by atoms with E-state index >= 15 is 0 Å². The zero-order chi connectivity index (χ0) is 13.0. The van der Waals surface area contributed by atoms with E-state index in [0.717, 1.165) is 0 Å². The fourth-order valence-corrected chi connectivity index (χ4v) is 164. The van der Waals surface area contributed by atoms with Crippen molar-refractivity contribution in [2.24, 2.45) is 0 Å². The van der Waals surface area contributed by atoms with Crippen molar-refractivity contribution in [2.45, 2.75) is 0 Å². The second-order valence-electron chi connectivity index (χ2n) is 2.38. The van der Waals surface area contributed by atoms with Crippen LogP contribution in [0.4, 0.5) is 0 Å². The summed E-state index contributed by atoms with van der Waals surface area (Å²) in [5.41, 5.74) is 0. The van der Waals surface area contributed by atoms with Gasteiger partial charge in [0.2, 0.25) is 0 Å². The van der Waals surface area contributed by atoms with Crippen molar-refractivity contribution in [1.82, 2.24) is 0 Å². The summed E-state index contributed by atoms with van der Waals surface area (Å²) in [5.74, 6) is 0. The van der Waals surface area contributed by atoms with Crippen molar-refractivity contribution in [2.75, 3.05) is 0 Å². The molecule has 0 aromatic rings. The molecule has 0 aromatic carbocycles. The fraction of sp³-hybridized carbons (Fsp3) is 0. The molecule has 11 atom stereocenters. The zero-order valence-electron chi connectivity index (χ0n) is 8.33. The predicted octanol–water partition coefficient (Wildman–Crippen LogP) is 8.96. The summed E-state index contributed by atoms with van der Waals surface area (Å²) in [5, 5.41) is 0. The van der Waals surface area contributed by atoms with Crippen LogP contribution in [-0.2, 0) is 0 Å². The van der Waals surface area contributed by atoms with Gasteiger partial charge in [0.25, 0.3) is 0 Å². The van der Waals surface area contributed by atoms with Gasteiger partial charge in [-0.25, -0.2) is 0 Å². The Hall–Kier alpha value is 6.88. The summed E-state index contributed by atoms with van der Waals surface area (Å²) in [6.07, 6.45) is 0. The lowest BCUT2D eigenvalue weighted by Gasteiger charge is -2.40. The highest BCUT2D eigenvalue weighted by molar-refractivity contribution is 9.30. The highest BCUT2D eigenvalue weighted by Crippen LogP contribution is 3.24. The number of hydrogen-bond donors (Lipinski definition) is 0. The topological polar surface area (TPSA) is 0 Å². The van der Waals surface area contributed by atoms with Crippen LogP contribution in [0, 0.1) is 0 Å². The lowest BCUT2D eigenvalue weighted by molar-refractivity contribution is 4.55. The molecule has 0 saturated carbocycles. The van der Waals surface area contributed by atoms with Crippen LogP contribution in [0.2, 0.25) is 0 Å². The van der Waals surface area contributed by atoms with Gasteiger partial charge in [0.05, 0.1) is 0 Å². The van der Waals surface area contributed by atoms with E-state index in [1.807, 2.05) is 0 Å². The van der Waals surface area contributed by atoms with Gasteiger partial charge in [-0.15, -0.1) is 80.4 Å². The van der Waals surface area contributed by atoms with Crippen LogP contribution >= 0.6 is 129 Å². The molecule has 98 valence electrons. The standard InChI is InChI=1S/H18P16/c1-10(2)14(9)16(13(7)8)15(11(3)4)12(5)6/h1-9H2. The van der Waals surface area contributed by atoms with E-state index in [1.54, 1.807) is 0 Å². The van der Waals surface area contributed by atoms with E-state index in [-0.39, 0.29) is 48.9 Å². The van der Waals surface area contributed by atoms with Gasteiger partial charge in [-0.05, 0) is 48.9 Å². The first-order valence-corrected chi connectivity index (χ1v) is 31.7. The molecule has 0 amide bonds. The molecule has 0 N–H and O–H groups in total. The minimum atomic E-state index is 0.0635. The summed E-state index contributed by atoms with van der Waals surface area (Å²) < 4.78 is 0. The molecule has 0 heterocycles. The molecule has 16 heteroatoms. The van der Waals surface area contributed by atoms with Gasteiger partial charge < -0.3 is 0 Å². The molecular weight excluding hydrogens is 496 g/mol. The first-order chi connectivity index (χ1) is 7.20. The second-order valence-corrected chi connectivity index (χ2v) is 64.2. The van der Waals surface area contributed by atoms with Gasteiger partial charge in [-0.3, -0.25) is 0 Å². The van der Waals surface area contributed by atoms with Crippen molar-refractivity contribution in [3.63, 3.8) is 0 Å². The highest BCUT2D eigenvalue weighted by atomic mass is 33.4. The minimum absolute atomic E-state index is 0.0635. The van der Waals surface area contributed by atoms with Crippen LogP contribution in [0.3, 0.4) is 0 Å². The first kappa shape index (κ1) is 22.9. The quantitative estimate of drug-likeness (QED) is 0.311. The van der Waals surface area contributed by atoms with Crippen LogP contribution in [0.25, 0.3) is 0 Å². The van der Waals surface area contributed by atoms with E-state index < -0.39 is 0 Å². The van der Waals surface area contributed by atoms with E-state index in [9.17, 15) is 0 Å². The second kappa shape index (κ2) is 12.3. The summed E-state index contributed by atoms with van der Waals surface area (Å²) in [4.78, 5) is 0. The van der Waals surface area contributed by atoms with Crippen molar-refractivity contribution in [1.29, 1.82) is 0 Å². The van der Waals surface area contributed by atoms with Gasteiger partial charge >= 0.3 is 0 Å². The van der Waals surface area contributed by atoms with Gasteiger partial charge in [0, 0.05) is 0 Å². The molecule has 0 aromatic heterocycles. The van der Waals surface area contributed by atoms with Crippen LogP contribution in [0.15, 0.2) is 0 Å². The normalized spacial score (nSPS) is 16.9. The molecule has 0 aliphatic carbocycles. The Kier molecular flexibility index (Phi) is 17.5. The Bertz CT molecular complexity index is 168. The van der Waals surface area contributed by atoms with Gasteiger partial charge in [-0.1, -0.05) is 0 Å². The maximum atomic E-state index is 3.19. The maximum Gasteiger partial charge on any atom is -0.00399 e. The molecule has 0 bridgehead atoms. The molecule has 11 unspecified atom stereocenters. The van der Waals surface area contributed by atoms with Crippen LogP contribution in [0.1, 0.15) is 0 Å². The lowest BCUT2D eigenvalue weighted by atomic mass is 28.6. The third-order valence-electron chi connectivity index (χ3n) is 1.20. The van der Waals surface area contributed by atoms with Gasteiger partial charge in [0.1, 0.15) is 0 Å². The summed E-state index contributed by atoms with van der Waals surface area (Å²) in [6, 6.07) is 0. The minimum Gasteiger partial charge on any atom is -0.102 e. The molecule has 0 fully saturated rings. The SMILES string of the molecule is PP(P)P(P)P(P(P)P)P(P(P)P)P(P)P. The van der Waals surface area contributed by atoms with E-state index in [0.29, 0.717) is 0 Å². The molecule has 0 aliphatic heterocycles. The Morgan fingerprint density at radius 1 is 0.375 bits per heavy atom. The molecule has 0 spiro atoms. The number of hydrogen-bond acceptors (Lipinski definition) is 0. The Labute approximate surface area is 128 Å². The van der Waals surface area contributed by atoms with Gasteiger partial charge in [-0.2, -0.15) is 0 Å². The largest absolute Gasteiger partial charge is 0.102 e. The van der Waals surface area contributed by atoms with Crippen molar-refractivity contribution >= 4 is 129 Å². The third kappa shape index (κ3) is 8.65. The van der Waals surface area contributed by atoms with Crippen LogP contribution < -0.4 is 0 Å². The average molecular weight is 514 g/mol.